The second kappa shape index (κ2) is 10.8. The Balaban J connectivity index is 1.73. The van der Waals surface area contributed by atoms with Gasteiger partial charge in [0.05, 0.1) is 17.1 Å². The average molecular weight is 505 g/mol. The van der Waals surface area contributed by atoms with Crippen molar-refractivity contribution >= 4 is 29.4 Å². The van der Waals surface area contributed by atoms with Gasteiger partial charge in [-0.2, -0.15) is 0 Å². The van der Waals surface area contributed by atoms with Crippen molar-refractivity contribution in [3.63, 3.8) is 0 Å². The lowest BCUT2D eigenvalue weighted by Gasteiger charge is -2.33. The molecule has 3 rings (SSSR count). The van der Waals surface area contributed by atoms with E-state index in [9.17, 15) is 9.59 Å². The van der Waals surface area contributed by atoms with Gasteiger partial charge in [-0.15, -0.1) is 0 Å². The first-order valence-corrected chi connectivity index (χ1v) is 12.2. The van der Waals surface area contributed by atoms with Crippen LogP contribution in [0.3, 0.4) is 0 Å². The Morgan fingerprint density at radius 2 is 1.69 bits per heavy atom. The van der Waals surface area contributed by atoms with E-state index in [1.807, 2.05) is 44.2 Å². The number of halogens is 2. The Labute approximate surface area is 211 Å². The van der Waals surface area contributed by atoms with E-state index in [-0.39, 0.29) is 28.6 Å². The molecule has 1 aromatic heterocycles. The summed E-state index contributed by atoms with van der Waals surface area (Å²) < 4.78 is 20.4. The van der Waals surface area contributed by atoms with Crippen molar-refractivity contribution in [1.82, 2.24) is 15.6 Å². The van der Waals surface area contributed by atoms with E-state index >= 15 is 4.39 Å². The van der Waals surface area contributed by atoms with E-state index in [0.717, 1.165) is 30.9 Å². The number of aromatic nitrogens is 1. The van der Waals surface area contributed by atoms with Crippen LogP contribution in [0.15, 0.2) is 36.4 Å². The first kappa shape index (κ1) is 26.7. The fourth-order valence-electron chi connectivity index (χ4n) is 4.12. The summed E-state index contributed by atoms with van der Waals surface area (Å²) in [4.78, 5) is 29.3. The van der Waals surface area contributed by atoms with Crippen molar-refractivity contribution in [1.29, 1.82) is 0 Å². The Bertz CT molecular complexity index is 1060. The quantitative estimate of drug-likeness (QED) is 0.433. The van der Waals surface area contributed by atoms with Crippen LogP contribution in [-0.4, -0.2) is 34.7 Å². The maximum Gasteiger partial charge on any atom is 0.407 e. The molecule has 35 heavy (non-hydrogen) atoms. The number of hydrogen-bond donors (Lipinski definition) is 3. The van der Waals surface area contributed by atoms with E-state index in [1.54, 1.807) is 20.8 Å². The smallest absolute Gasteiger partial charge is 0.407 e. The molecule has 190 valence electrons. The molecule has 7 nitrogen and oxygen atoms in total. The third-order valence-electron chi connectivity index (χ3n) is 5.89. The van der Waals surface area contributed by atoms with Gasteiger partial charge < -0.3 is 20.7 Å². The van der Waals surface area contributed by atoms with Gasteiger partial charge in [0.15, 0.2) is 11.6 Å². The molecule has 0 spiro atoms. The second-order valence-corrected chi connectivity index (χ2v) is 10.7. The minimum atomic E-state index is -0.697. The number of nitrogens with zero attached hydrogens (tertiary/aromatic N) is 1. The fourth-order valence-corrected chi connectivity index (χ4v) is 4.34. The minimum Gasteiger partial charge on any atom is -0.444 e. The first-order chi connectivity index (χ1) is 16.4. The van der Waals surface area contributed by atoms with Crippen LogP contribution in [0.25, 0.3) is 0 Å². The lowest BCUT2D eigenvalue weighted by atomic mass is 9.90. The largest absolute Gasteiger partial charge is 0.444 e. The third kappa shape index (κ3) is 7.31. The molecule has 0 unspecified atom stereocenters. The Morgan fingerprint density at radius 3 is 2.31 bits per heavy atom. The molecule has 2 atom stereocenters. The predicted molar refractivity (Wildman–Crippen MR) is 135 cm³/mol. The summed E-state index contributed by atoms with van der Waals surface area (Å²) >= 11 is 6.31. The average Bonchev–Trinajstić information content (AvgIpc) is 2.76. The molecule has 0 bridgehead atoms. The predicted octanol–water partition coefficient (Wildman–Crippen LogP) is 5.79. The molecule has 3 N–H and O–H groups in total. The highest BCUT2D eigenvalue weighted by Gasteiger charge is 2.30. The summed E-state index contributed by atoms with van der Waals surface area (Å²) in [6.45, 7) is 9.10. The standard InChI is InChI=1S/C26H34ClFN4O3/c1-25(2,3)35-24(34)30-20-14-10-9-13-19(20)29-22-18(28)15-17(21(27)31-22)23(33)32-26(4,5)16-11-7-6-8-12-16/h6-8,11-12,15,19-20H,9-10,13-14H2,1-5H3,(H,29,31)(H,30,34)(H,32,33)/t19-,20+/m1/s1. The van der Waals surface area contributed by atoms with Crippen LogP contribution >= 0.6 is 11.6 Å². The highest BCUT2D eigenvalue weighted by molar-refractivity contribution is 6.32. The number of hydrogen-bond acceptors (Lipinski definition) is 5. The number of ether oxygens (including phenoxy) is 1. The number of amides is 2. The number of benzene rings is 1. The number of anilines is 1. The van der Waals surface area contributed by atoms with Crippen LogP contribution < -0.4 is 16.0 Å². The Kier molecular flexibility index (Phi) is 8.26. The molecule has 0 saturated heterocycles. The number of carbonyl (C=O) groups is 2. The summed E-state index contributed by atoms with van der Waals surface area (Å²) in [7, 11) is 0. The minimum absolute atomic E-state index is 0.0502. The summed E-state index contributed by atoms with van der Waals surface area (Å²) in [5.41, 5.74) is -0.464. The second-order valence-electron chi connectivity index (χ2n) is 10.4. The van der Waals surface area contributed by atoms with Crippen molar-refractivity contribution in [2.45, 2.75) is 83.5 Å². The normalized spacial score (nSPS) is 18.5. The molecule has 1 aromatic carbocycles. The number of carbonyl (C=O) groups excluding carboxylic acids is 2. The number of rotatable bonds is 6. The van der Waals surface area contributed by atoms with Crippen LogP contribution in [-0.2, 0) is 10.3 Å². The SMILES string of the molecule is CC(C)(C)OC(=O)N[C@H]1CCCC[C@H]1Nc1nc(Cl)c(C(=O)NC(C)(C)c2ccccc2)cc1F. The van der Waals surface area contributed by atoms with Gasteiger partial charge in [0.2, 0.25) is 0 Å². The Morgan fingerprint density at radius 1 is 1.06 bits per heavy atom. The maximum absolute atomic E-state index is 15.0. The summed E-state index contributed by atoms with van der Waals surface area (Å²) in [6, 6.07) is 10.0. The zero-order valence-corrected chi connectivity index (χ0v) is 21.6. The number of alkyl carbamates (subject to hydrolysis) is 1. The molecule has 1 heterocycles. The number of pyridine rings is 1. The van der Waals surface area contributed by atoms with E-state index in [0.29, 0.717) is 6.42 Å². The zero-order valence-electron chi connectivity index (χ0n) is 20.9. The molecule has 9 heteroatoms. The van der Waals surface area contributed by atoms with Crippen molar-refractivity contribution in [3.8, 4) is 0 Å². The highest BCUT2D eigenvalue weighted by Crippen LogP contribution is 2.27. The highest BCUT2D eigenvalue weighted by atomic mass is 35.5. The fraction of sp³-hybridized carbons (Fsp3) is 0.500. The lowest BCUT2D eigenvalue weighted by molar-refractivity contribution is 0.0488. The van der Waals surface area contributed by atoms with Crippen molar-refractivity contribution in [2.24, 2.45) is 0 Å². The van der Waals surface area contributed by atoms with E-state index in [2.05, 4.69) is 20.9 Å². The summed E-state index contributed by atoms with van der Waals surface area (Å²) in [5, 5.41) is 8.74. The first-order valence-electron chi connectivity index (χ1n) is 11.9. The van der Waals surface area contributed by atoms with Gasteiger partial charge >= 0.3 is 6.09 Å². The molecule has 2 amide bonds. The van der Waals surface area contributed by atoms with E-state index in [4.69, 9.17) is 16.3 Å². The zero-order chi connectivity index (χ0) is 25.8. The molecule has 1 aliphatic rings. The molecule has 1 aliphatic carbocycles. The molecule has 2 aromatic rings. The van der Waals surface area contributed by atoms with Gasteiger partial charge in [0.1, 0.15) is 10.8 Å². The van der Waals surface area contributed by atoms with Gasteiger partial charge in [-0.25, -0.2) is 14.2 Å². The van der Waals surface area contributed by atoms with Crippen LogP contribution in [0.4, 0.5) is 15.0 Å². The van der Waals surface area contributed by atoms with Gasteiger partial charge in [0, 0.05) is 6.04 Å². The maximum atomic E-state index is 15.0. The van der Waals surface area contributed by atoms with Gasteiger partial charge in [0.25, 0.3) is 5.91 Å². The van der Waals surface area contributed by atoms with Crippen LogP contribution in [0.1, 0.15) is 76.2 Å². The topological polar surface area (TPSA) is 92.3 Å². The lowest BCUT2D eigenvalue weighted by Crippen LogP contribution is -2.50. The van der Waals surface area contributed by atoms with Crippen molar-refractivity contribution < 1.29 is 18.7 Å². The van der Waals surface area contributed by atoms with E-state index in [1.165, 1.54) is 0 Å². The van der Waals surface area contributed by atoms with Gasteiger partial charge in [-0.1, -0.05) is 54.8 Å². The van der Waals surface area contributed by atoms with Crippen LogP contribution in [0.5, 0.6) is 0 Å². The Hall–Kier alpha value is -2.87. The van der Waals surface area contributed by atoms with Crippen molar-refractivity contribution in [2.75, 3.05) is 5.32 Å². The molecular formula is C26H34ClFN4O3. The molecular weight excluding hydrogens is 471 g/mol. The number of nitrogens with one attached hydrogen (secondary N) is 3. The summed E-state index contributed by atoms with van der Waals surface area (Å²) in [5.74, 6) is -1.28. The van der Waals surface area contributed by atoms with E-state index < -0.39 is 29.0 Å². The van der Waals surface area contributed by atoms with Crippen molar-refractivity contribution in [3.05, 3.63) is 58.5 Å². The van der Waals surface area contributed by atoms with Crippen LogP contribution in [0, 0.1) is 5.82 Å². The summed E-state index contributed by atoms with van der Waals surface area (Å²) in [6.07, 6.45) is 2.78. The van der Waals surface area contributed by atoms with Gasteiger partial charge in [-0.05, 0) is 59.1 Å². The molecule has 1 saturated carbocycles. The molecule has 0 aliphatic heterocycles. The molecule has 0 radical (unpaired) electrons. The third-order valence-corrected chi connectivity index (χ3v) is 6.17. The van der Waals surface area contributed by atoms with Gasteiger partial charge in [-0.3, -0.25) is 4.79 Å². The monoisotopic (exact) mass is 504 g/mol. The van der Waals surface area contributed by atoms with Crippen LogP contribution in [0.2, 0.25) is 5.15 Å². The molecule has 1 fully saturated rings.